The van der Waals surface area contributed by atoms with Gasteiger partial charge in [-0.2, -0.15) is 4.68 Å². The molecule has 6 rings (SSSR count). The summed E-state index contributed by atoms with van der Waals surface area (Å²) in [6.45, 7) is 3.48. The first-order valence-electron chi connectivity index (χ1n) is 16.4. The Kier molecular flexibility index (Phi) is 10.4. The Hall–Kier alpha value is -6.33. The molecular formula is C35H35ClN10O7. The molecule has 3 heterocycles. The minimum Gasteiger partial charge on any atom is -0.477 e. The molecule has 0 spiro atoms. The molecule has 2 aromatic heterocycles. The Morgan fingerprint density at radius 1 is 0.943 bits per heavy atom. The average molecular weight is 743 g/mol. The van der Waals surface area contributed by atoms with Crippen LogP contribution < -0.4 is 20.9 Å². The van der Waals surface area contributed by atoms with Gasteiger partial charge in [0.25, 0.3) is 0 Å². The number of aliphatic hydroxyl groups is 1. The summed E-state index contributed by atoms with van der Waals surface area (Å²) in [7, 11) is 0. The molecule has 1 atom stereocenters. The molecule has 1 fully saturated rings. The largest absolute Gasteiger partial charge is 0.477 e. The van der Waals surface area contributed by atoms with E-state index in [1.54, 1.807) is 68.4 Å². The molecule has 1 saturated heterocycles. The van der Waals surface area contributed by atoms with Gasteiger partial charge in [0.05, 0.1) is 11.4 Å². The number of hydrogen-bond acceptors (Lipinski definition) is 9. The van der Waals surface area contributed by atoms with Crippen LogP contribution in [0.2, 0.25) is 5.02 Å². The number of nitrogens with one attached hydrogen (secondary N) is 4. The first-order chi connectivity index (χ1) is 25.3. The number of fused-ring (bicyclic) bond motifs is 1. The van der Waals surface area contributed by atoms with Crippen LogP contribution in [-0.4, -0.2) is 101 Å². The van der Waals surface area contributed by atoms with Crippen LogP contribution in [0.3, 0.4) is 0 Å². The summed E-state index contributed by atoms with van der Waals surface area (Å²) >= 11 is 6.29. The molecule has 17 nitrogen and oxygen atoms in total. The monoisotopic (exact) mass is 742 g/mol. The minimum absolute atomic E-state index is 0.00344. The Morgan fingerprint density at radius 3 is 2.40 bits per heavy atom. The molecule has 5 aromatic rings. The summed E-state index contributed by atoms with van der Waals surface area (Å²) in [6, 6.07) is 16.1. The van der Waals surface area contributed by atoms with E-state index in [0.717, 1.165) is 0 Å². The number of tetrazole rings is 1. The number of nitrogens with zero attached hydrogens (tertiary/aromatic N) is 6. The van der Waals surface area contributed by atoms with Crippen LogP contribution in [0.4, 0.5) is 21.9 Å². The maximum Gasteiger partial charge on any atom is 0.352 e. The maximum absolute atomic E-state index is 14.1. The normalized spacial score (nSPS) is 14.0. The van der Waals surface area contributed by atoms with Gasteiger partial charge in [0.15, 0.2) is 0 Å². The molecule has 6 N–H and O–H groups in total. The fourth-order valence-corrected chi connectivity index (χ4v) is 6.18. The van der Waals surface area contributed by atoms with Crippen molar-refractivity contribution in [2.75, 3.05) is 35.2 Å². The lowest BCUT2D eigenvalue weighted by atomic mass is 10.0. The predicted octanol–water partition coefficient (Wildman–Crippen LogP) is 3.20. The van der Waals surface area contributed by atoms with E-state index in [2.05, 4.69) is 36.5 Å². The smallest absolute Gasteiger partial charge is 0.352 e. The Morgan fingerprint density at radius 2 is 1.70 bits per heavy atom. The van der Waals surface area contributed by atoms with Crippen molar-refractivity contribution < 1.29 is 34.2 Å². The minimum atomic E-state index is -1.16. The van der Waals surface area contributed by atoms with E-state index < -0.39 is 41.3 Å². The number of hydrogen-bond donors (Lipinski definition) is 6. The Labute approximate surface area is 306 Å². The Balaban J connectivity index is 1.25. The van der Waals surface area contributed by atoms with E-state index >= 15 is 0 Å². The van der Waals surface area contributed by atoms with E-state index in [-0.39, 0.29) is 31.8 Å². The van der Waals surface area contributed by atoms with Crippen molar-refractivity contribution in [1.29, 1.82) is 0 Å². The number of carboxylic acids is 1. The van der Waals surface area contributed by atoms with Gasteiger partial charge < -0.3 is 40.9 Å². The Bertz CT molecular complexity index is 2190. The molecule has 0 aliphatic carbocycles. The van der Waals surface area contributed by atoms with Crippen LogP contribution in [-0.2, 0) is 20.8 Å². The van der Waals surface area contributed by atoms with Crippen molar-refractivity contribution in [3.63, 3.8) is 0 Å². The van der Waals surface area contributed by atoms with Gasteiger partial charge in [0.2, 0.25) is 5.91 Å². The fourth-order valence-electron chi connectivity index (χ4n) is 6.01. The molecule has 0 radical (unpaired) electrons. The summed E-state index contributed by atoms with van der Waals surface area (Å²) in [5.74, 6) is -3.54. The van der Waals surface area contributed by atoms with Crippen LogP contribution in [0.5, 0.6) is 0 Å². The van der Waals surface area contributed by atoms with Crippen molar-refractivity contribution in [3.05, 3.63) is 89.3 Å². The second-order valence-corrected chi connectivity index (χ2v) is 13.4. The average Bonchev–Trinajstić information content (AvgIpc) is 3.80. The highest BCUT2D eigenvalue weighted by Gasteiger charge is 2.40. The molecule has 3 aromatic carbocycles. The number of aromatic carboxylic acids is 1. The SMILES string of the molecule is CC(C)(CCO)NC(=O)Nc1ccc(CC(C(=O)Nc2ccc3[nH]c(C(=O)O)cc3c2)N2CCN(c3cc(Cl)ccc3-n3cnnn3)C(=O)C2=O)cc1. The van der Waals surface area contributed by atoms with Crippen LogP contribution in [0.1, 0.15) is 36.3 Å². The van der Waals surface area contributed by atoms with Crippen molar-refractivity contribution in [1.82, 2.24) is 35.4 Å². The fraction of sp³-hybridized carbons (Fsp3) is 0.257. The zero-order valence-electron chi connectivity index (χ0n) is 28.5. The quantitative estimate of drug-likeness (QED) is 0.102. The lowest BCUT2D eigenvalue weighted by molar-refractivity contribution is -0.149. The van der Waals surface area contributed by atoms with Gasteiger partial charge in [-0.25, -0.2) is 9.59 Å². The molecule has 0 saturated carbocycles. The van der Waals surface area contributed by atoms with E-state index in [4.69, 9.17) is 11.6 Å². The number of rotatable bonds is 12. The summed E-state index contributed by atoms with van der Waals surface area (Å²) in [5, 5.41) is 39.1. The van der Waals surface area contributed by atoms with Gasteiger partial charge in [-0.3, -0.25) is 14.4 Å². The third-order valence-corrected chi connectivity index (χ3v) is 8.94. The number of carbonyl (C=O) groups excluding carboxylic acids is 4. The number of aromatic nitrogens is 5. The zero-order chi connectivity index (χ0) is 37.9. The molecule has 5 amide bonds. The second-order valence-electron chi connectivity index (χ2n) is 13.0. The van der Waals surface area contributed by atoms with Gasteiger partial charge in [-0.15, -0.1) is 5.10 Å². The third-order valence-electron chi connectivity index (χ3n) is 8.70. The lowest BCUT2D eigenvalue weighted by Gasteiger charge is -2.38. The molecule has 53 heavy (non-hydrogen) atoms. The summed E-state index contributed by atoms with van der Waals surface area (Å²) in [4.78, 5) is 71.1. The van der Waals surface area contributed by atoms with Crippen molar-refractivity contribution in [2.24, 2.45) is 0 Å². The van der Waals surface area contributed by atoms with E-state index in [1.165, 1.54) is 32.9 Å². The van der Waals surface area contributed by atoms with Gasteiger partial charge in [0, 0.05) is 59.0 Å². The molecular weight excluding hydrogens is 708 g/mol. The number of urea groups is 1. The number of piperazine rings is 1. The van der Waals surface area contributed by atoms with Gasteiger partial charge >= 0.3 is 23.8 Å². The number of benzene rings is 3. The van der Waals surface area contributed by atoms with Crippen molar-refractivity contribution in [2.45, 2.75) is 38.3 Å². The number of carboxylic acid groups (broad SMARTS) is 1. The molecule has 1 unspecified atom stereocenters. The number of aromatic amines is 1. The van der Waals surface area contributed by atoms with Crippen LogP contribution >= 0.6 is 11.6 Å². The standard InChI is InChI=1S/C35H35ClN10O7/c1-35(2,11-14-47)41-34(53)39-23-6-3-20(4-7-23)15-29(30(48)38-24-8-9-25-21(16-24)17-26(40-25)33(51)52)45-13-12-44(31(49)32(45)50)28-18-22(36)5-10-27(28)46-19-37-42-43-46/h3-10,16-19,29,40,47H,11-15H2,1-2H3,(H,38,48)(H,51,52)(H2,39,41,53). The van der Waals surface area contributed by atoms with Crippen LogP contribution in [0.25, 0.3) is 16.6 Å². The molecule has 0 bridgehead atoms. The number of amides is 5. The molecule has 274 valence electrons. The highest BCUT2D eigenvalue weighted by molar-refractivity contribution is 6.41. The zero-order valence-corrected chi connectivity index (χ0v) is 29.3. The molecule has 18 heteroatoms. The number of halogens is 1. The topological polar surface area (TPSA) is 228 Å². The van der Waals surface area contributed by atoms with E-state index in [0.29, 0.717) is 50.7 Å². The van der Waals surface area contributed by atoms with Gasteiger partial charge in [-0.1, -0.05) is 23.7 Å². The van der Waals surface area contributed by atoms with Gasteiger partial charge in [-0.05, 0) is 90.9 Å². The highest BCUT2D eigenvalue weighted by atomic mass is 35.5. The van der Waals surface area contributed by atoms with Crippen molar-refractivity contribution in [3.8, 4) is 5.69 Å². The summed E-state index contributed by atoms with van der Waals surface area (Å²) in [6.07, 6.45) is 1.71. The maximum atomic E-state index is 14.1. The first-order valence-corrected chi connectivity index (χ1v) is 16.8. The van der Waals surface area contributed by atoms with E-state index in [1.807, 2.05) is 0 Å². The van der Waals surface area contributed by atoms with Crippen LogP contribution in [0.15, 0.2) is 73.1 Å². The lowest BCUT2D eigenvalue weighted by Crippen LogP contribution is -2.60. The molecule has 1 aliphatic rings. The number of aliphatic hydroxyl groups excluding tert-OH is 1. The van der Waals surface area contributed by atoms with Crippen molar-refractivity contribution >= 4 is 69.3 Å². The summed E-state index contributed by atoms with van der Waals surface area (Å²) in [5.41, 5.74) is 2.05. The second kappa shape index (κ2) is 15.1. The predicted molar refractivity (Wildman–Crippen MR) is 194 cm³/mol. The summed E-state index contributed by atoms with van der Waals surface area (Å²) < 4.78 is 1.34. The number of anilines is 3. The van der Waals surface area contributed by atoms with Gasteiger partial charge in [0.1, 0.15) is 18.1 Å². The third kappa shape index (κ3) is 8.26. The number of carbonyl (C=O) groups is 5. The number of H-pyrrole nitrogens is 1. The van der Waals surface area contributed by atoms with Crippen LogP contribution in [0, 0.1) is 0 Å². The first kappa shape index (κ1) is 36.5. The van der Waals surface area contributed by atoms with E-state index in [9.17, 15) is 34.2 Å². The highest BCUT2D eigenvalue weighted by Crippen LogP contribution is 2.30. The molecule has 1 aliphatic heterocycles.